The van der Waals surface area contributed by atoms with E-state index in [1.807, 2.05) is 6.07 Å². The Balaban J connectivity index is 1.89. The molecule has 6 aromatic rings. The van der Waals surface area contributed by atoms with Gasteiger partial charge in [0.2, 0.25) is 0 Å². The standard InChI is InChI=1S/C29H19F3.2Al.4H/c1-28(2,3)22-13-19-7-6-18-12-17-5-4-16-8-10-21(29(30,31)32)15-24(16)26(17)23-11-9-20(14-22)25(19)27(18)23;;;;;;/h4-5,7-10,12-15H,1-3H3;;;;;;. The van der Waals surface area contributed by atoms with Gasteiger partial charge < -0.3 is 0 Å². The van der Waals surface area contributed by atoms with E-state index in [0.29, 0.717) is 5.39 Å². The molecular weight excluding hydrogens is 459 g/mol. The number of hydrogen-bond donors (Lipinski definition) is 0. The van der Waals surface area contributed by atoms with Gasteiger partial charge in [-0.1, -0.05) is 63.2 Å². The van der Waals surface area contributed by atoms with Crippen LogP contribution in [0.3, 0.4) is 0 Å². The summed E-state index contributed by atoms with van der Waals surface area (Å²) in [5.74, 6) is 0. The van der Waals surface area contributed by atoms with E-state index in [1.54, 1.807) is 6.07 Å². The molecule has 0 aliphatic carbocycles. The molecule has 0 saturated carbocycles. The van der Waals surface area contributed by atoms with Crippen LogP contribution in [0.5, 0.6) is 0 Å². The average molecular weight is 482 g/mol. The first-order valence-corrected chi connectivity index (χ1v) is 13.6. The zero-order valence-electron chi connectivity index (χ0n) is 19.9. The second-order valence-electron chi connectivity index (χ2n) is 10.7. The van der Waals surface area contributed by atoms with Gasteiger partial charge in [-0.15, -0.1) is 8.85 Å². The van der Waals surface area contributed by atoms with E-state index < -0.39 is 11.7 Å². The Labute approximate surface area is 211 Å². The first-order chi connectivity index (χ1) is 15.9. The number of rotatable bonds is 0. The molecule has 0 N–H and O–H groups in total. The van der Waals surface area contributed by atoms with Crippen LogP contribution in [0.4, 0.5) is 13.2 Å². The van der Waals surface area contributed by atoms with E-state index in [0.717, 1.165) is 54.1 Å². The molecule has 166 valence electrons. The molecular formula is C29H23Al2F3. The van der Waals surface area contributed by atoms with Crippen molar-refractivity contribution in [2.45, 2.75) is 32.4 Å². The van der Waals surface area contributed by atoms with Crippen molar-refractivity contribution in [3.8, 4) is 0 Å². The van der Waals surface area contributed by atoms with Crippen LogP contribution < -0.4 is 8.85 Å². The molecule has 5 heteroatoms. The minimum absolute atomic E-state index is 0.0397. The van der Waals surface area contributed by atoms with Gasteiger partial charge in [-0.2, -0.15) is 13.2 Å². The van der Waals surface area contributed by atoms with Crippen LogP contribution in [0.15, 0.2) is 60.7 Å². The van der Waals surface area contributed by atoms with Gasteiger partial charge >= 0.3 is 6.18 Å². The van der Waals surface area contributed by atoms with Crippen LogP contribution >= 0.6 is 0 Å². The van der Waals surface area contributed by atoms with Crippen molar-refractivity contribution in [1.82, 2.24) is 0 Å². The van der Waals surface area contributed by atoms with E-state index in [4.69, 9.17) is 0 Å². The second-order valence-corrected chi connectivity index (χ2v) is 12.9. The molecule has 0 bridgehead atoms. The van der Waals surface area contributed by atoms with Crippen molar-refractivity contribution in [3.05, 3.63) is 71.8 Å². The summed E-state index contributed by atoms with van der Waals surface area (Å²) in [7, 11) is 0. The van der Waals surface area contributed by atoms with Crippen LogP contribution in [-0.4, -0.2) is 32.6 Å². The summed E-state index contributed by atoms with van der Waals surface area (Å²) >= 11 is 1.71. The summed E-state index contributed by atoms with van der Waals surface area (Å²) in [6.45, 7) is 6.71. The van der Waals surface area contributed by atoms with Gasteiger partial charge in [0.05, 0.1) is 5.56 Å². The molecule has 0 aliphatic rings. The molecule has 0 saturated heterocycles. The largest absolute Gasteiger partial charge is 0.416 e. The van der Waals surface area contributed by atoms with E-state index >= 15 is 0 Å². The first-order valence-electron chi connectivity index (χ1n) is 11.6. The highest BCUT2D eigenvalue weighted by Gasteiger charge is 2.30. The van der Waals surface area contributed by atoms with Crippen molar-refractivity contribution in [3.63, 3.8) is 0 Å². The Bertz CT molecular complexity index is 1770. The fourth-order valence-corrected chi connectivity index (χ4v) is 7.13. The minimum atomic E-state index is -4.37. The van der Waals surface area contributed by atoms with Gasteiger partial charge in [0.15, 0.2) is 0 Å². The quantitative estimate of drug-likeness (QED) is 0.148. The van der Waals surface area contributed by atoms with Crippen LogP contribution in [-0.2, 0) is 11.6 Å². The van der Waals surface area contributed by atoms with E-state index in [2.05, 4.69) is 57.2 Å². The lowest BCUT2D eigenvalue weighted by Gasteiger charge is -2.24. The predicted octanol–water partition coefficient (Wildman–Crippen LogP) is 5.72. The van der Waals surface area contributed by atoms with Crippen LogP contribution in [0.25, 0.3) is 53.9 Å². The van der Waals surface area contributed by atoms with Crippen LogP contribution in [0, 0.1) is 0 Å². The van der Waals surface area contributed by atoms with Gasteiger partial charge in [-0.25, -0.2) is 0 Å². The van der Waals surface area contributed by atoms with Gasteiger partial charge in [0.25, 0.3) is 32.6 Å². The van der Waals surface area contributed by atoms with Gasteiger partial charge in [0, 0.05) is 0 Å². The summed E-state index contributed by atoms with van der Waals surface area (Å²) in [6.07, 6.45) is -4.37. The lowest BCUT2D eigenvalue weighted by molar-refractivity contribution is -0.137. The topological polar surface area (TPSA) is 0 Å². The number of halogens is 3. The number of benzene rings is 6. The third kappa shape index (κ3) is 3.19. The number of hydrogen-bond acceptors (Lipinski definition) is 0. The molecule has 0 fully saturated rings. The minimum Gasteiger partial charge on any atom is -0.166 e. The molecule has 0 atom stereocenters. The fraction of sp³-hybridized carbons (Fsp3) is 0.172. The van der Waals surface area contributed by atoms with E-state index in [-0.39, 0.29) is 5.41 Å². The van der Waals surface area contributed by atoms with Gasteiger partial charge in [-0.3, -0.25) is 0 Å². The van der Waals surface area contributed by atoms with Crippen molar-refractivity contribution < 1.29 is 13.2 Å². The van der Waals surface area contributed by atoms with Crippen molar-refractivity contribution in [2.75, 3.05) is 0 Å². The van der Waals surface area contributed by atoms with E-state index in [1.165, 1.54) is 53.5 Å². The van der Waals surface area contributed by atoms with Crippen molar-refractivity contribution in [2.24, 2.45) is 0 Å². The zero-order chi connectivity index (χ0) is 24.2. The molecule has 0 nitrogen and oxygen atoms in total. The van der Waals surface area contributed by atoms with Crippen LogP contribution in [0.2, 0.25) is 0 Å². The predicted molar refractivity (Wildman–Crippen MR) is 145 cm³/mol. The lowest BCUT2D eigenvalue weighted by atomic mass is 9.82. The Morgan fingerprint density at radius 3 is 1.79 bits per heavy atom. The van der Waals surface area contributed by atoms with E-state index in [9.17, 15) is 13.2 Å². The summed E-state index contributed by atoms with van der Waals surface area (Å²) in [5, 5.41) is 10.8. The molecule has 0 spiro atoms. The molecule has 6 aromatic carbocycles. The molecule has 34 heavy (non-hydrogen) atoms. The van der Waals surface area contributed by atoms with Crippen molar-refractivity contribution in [1.29, 1.82) is 0 Å². The monoisotopic (exact) mass is 482 g/mol. The average Bonchev–Trinajstić information content (AvgIpc) is 2.75. The SMILES string of the molecule is CC(C)(C)c1cc2c[c]([AlH2])c3cc4ccc5ccc(C(F)(F)F)cc5c4c4[c]([AlH2])cc(c1)c2c34. The summed E-state index contributed by atoms with van der Waals surface area (Å²) in [4.78, 5) is 0. The smallest absolute Gasteiger partial charge is 0.166 e. The Kier molecular flexibility index (Phi) is 4.66. The molecule has 0 heterocycles. The summed E-state index contributed by atoms with van der Waals surface area (Å²) in [6, 6.07) is 19.6. The lowest BCUT2D eigenvalue weighted by Crippen LogP contribution is -2.14. The molecule has 0 unspecified atom stereocenters. The third-order valence-electron chi connectivity index (χ3n) is 7.33. The van der Waals surface area contributed by atoms with Crippen molar-refractivity contribution >= 4 is 95.3 Å². The summed E-state index contributed by atoms with van der Waals surface area (Å²) in [5.41, 5.74) is 0.759. The number of alkyl halides is 3. The maximum atomic E-state index is 13.6. The molecule has 0 amide bonds. The molecule has 0 aliphatic heterocycles. The van der Waals surface area contributed by atoms with Gasteiger partial charge in [0.1, 0.15) is 0 Å². The highest BCUT2D eigenvalue weighted by atomic mass is 27.1. The molecule has 0 radical (unpaired) electrons. The van der Waals surface area contributed by atoms with Crippen LogP contribution in [0.1, 0.15) is 31.9 Å². The maximum Gasteiger partial charge on any atom is 0.416 e. The molecule has 0 aromatic heterocycles. The third-order valence-corrected chi connectivity index (χ3v) is 8.94. The molecule has 6 rings (SSSR count). The maximum absolute atomic E-state index is 13.6. The highest BCUT2D eigenvalue weighted by Crippen LogP contribution is 2.42. The Hall–Kier alpha value is -2.27. The highest BCUT2D eigenvalue weighted by molar-refractivity contribution is 6.51. The summed E-state index contributed by atoms with van der Waals surface area (Å²) < 4.78 is 43.5. The normalized spacial score (nSPS) is 13.2. The Morgan fingerprint density at radius 1 is 0.529 bits per heavy atom. The Morgan fingerprint density at radius 2 is 1.15 bits per heavy atom. The first kappa shape index (κ1) is 22.2. The fourth-order valence-electron chi connectivity index (χ4n) is 5.62. The second kappa shape index (κ2) is 7.13. The zero-order valence-corrected chi connectivity index (χ0v) is 23.9. The van der Waals surface area contributed by atoms with Gasteiger partial charge in [-0.05, 0) is 83.0 Å². The number of fused-ring (bicyclic) bond motifs is 4.